The van der Waals surface area contributed by atoms with Crippen LogP contribution in [0, 0.1) is 0 Å². The summed E-state index contributed by atoms with van der Waals surface area (Å²) in [5.41, 5.74) is 0.0723. The van der Waals surface area contributed by atoms with Crippen LogP contribution in [0.1, 0.15) is 49.4 Å². The van der Waals surface area contributed by atoms with Crippen molar-refractivity contribution in [3.63, 3.8) is 0 Å². The molecule has 1 aliphatic rings. The third kappa shape index (κ3) is 5.46. The van der Waals surface area contributed by atoms with Crippen molar-refractivity contribution in [2.75, 3.05) is 25.6 Å². The lowest BCUT2D eigenvalue weighted by atomic mass is 9.85. The fraction of sp³-hybridized carbons (Fsp3) is 0.435. The van der Waals surface area contributed by atoms with E-state index in [1.54, 1.807) is 31.5 Å². The highest BCUT2D eigenvalue weighted by Gasteiger charge is 2.39. The molecule has 0 spiro atoms. The first kappa shape index (κ1) is 23.7. The number of anilines is 1. The standard InChI is InChI=1S/C23H27NO7S/c1-3-30-21(26)19-17(15-7-9-16(29-2)10-8-15)14-32-20(19)24-18(25)13-31-22(27)23(28)11-5-4-6-12-23/h7-10,14,28H,3-6,11-13H2,1-2H3,(H,24,25). The first-order valence-electron chi connectivity index (χ1n) is 10.5. The predicted molar refractivity (Wildman–Crippen MR) is 120 cm³/mol. The molecule has 32 heavy (non-hydrogen) atoms. The van der Waals surface area contributed by atoms with Crippen molar-refractivity contribution in [2.24, 2.45) is 0 Å². The number of carbonyl (C=O) groups excluding carboxylic acids is 3. The third-order valence-electron chi connectivity index (χ3n) is 5.32. The normalized spacial score (nSPS) is 15.0. The van der Waals surface area contributed by atoms with E-state index in [0.29, 0.717) is 29.2 Å². The zero-order valence-electron chi connectivity index (χ0n) is 18.1. The Labute approximate surface area is 190 Å². The van der Waals surface area contributed by atoms with Crippen LogP contribution in [-0.2, 0) is 19.1 Å². The first-order valence-corrected chi connectivity index (χ1v) is 11.4. The number of esters is 2. The lowest BCUT2D eigenvalue weighted by Crippen LogP contribution is -2.42. The summed E-state index contributed by atoms with van der Waals surface area (Å²) in [4.78, 5) is 37.3. The molecule has 8 nitrogen and oxygen atoms in total. The van der Waals surface area contributed by atoms with E-state index in [4.69, 9.17) is 14.2 Å². The van der Waals surface area contributed by atoms with Gasteiger partial charge in [-0.15, -0.1) is 11.3 Å². The van der Waals surface area contributed by atoms with Crippen LogP contribution in [0.25, 0.3) is 11.1 Å². The zero-order chi connectivity index (χ0) is 23.1. The second-order valence-corrected chi connectivity index (χ2v) is 8.40. The Balaban J connectivity index is 1.73. The lowest BCUT2D eigenvalue weighted by molar-refractivity contribution is -0.170. The largest absolute Gasteiger partial charge is 0.497 e. The summed E-state index contributed by atoms with van der Waals surface area (Å²) in [5, 5.41) is 15.1. The summed E-state index contributed by atoms with van der Waals surface area (Å²) < 4.78 is 15.4. The Morgan fingerprint density at radius 3 is 2.41 bits per heavy atom. The number of hydrogen-bond donors (Lipinski definition) is 2. The quantitative estimate of drug-likeness (QED) is 0.576. The van der Waals surface area contributed by atoms with Crippen LogP contribution in [0.3, 0.4) is 0 Å². The second-order valence-electron chi connectivity index (χ2n) is 7.52. The van der Waals surface area contributed by atoms with Crippen LogP contribution in [0.4, 0.5) is 5.00 Å². The van der Waals surface area contributed by atoms with Crippen LogP contribution in [0.5, 0.6) is 5.75 Å². The Morgan fingerprint density at radius 2 is 1.78 bits per heavy atom. The summed E-state index contributed by atoms with van der Waals surface area (Å²) in [5.74, 6) is -1.28. The van der Waals surface area contributed by atoms with Gasteiger partial charge in [0, 0.05) is 10.9 Å². The Kier molecular flexibility index (Phi) is 7.87. The van der Waals surface area contributed by atoms with E-state index >= 15 is 0 Å². The van der Waals surface area contributed by atoms with Crippen LogP contribution in [0.15, 0.2) is 29.6 Å². The summed E-state index contributed by atoms with van der Waals surface area (Å²) >= 11 is 1.17. The summed E-state index contributed by atoms with van der Waals surface area (Å²) in [6, 6.07) is 7.16. The molecular weight excluding hydrogens is 434 g/mol. The Bertz CT molecular complexity index is 961. The molecule has 0 bridgehead atoms. The molecule has 1 saturated carbocycles. The molecule has 0 aliphatic heterocycles. The molecule has 3 rings (SSSR count). The molecule has 1 aliphatic carbocycles. The molecule has 0 unspecified atom stereocenters. The maximum Gasteiger partial charge on any atom is 0.341 e. The predicted octanol–water partition coefficient (Wildman–Crippen LogP) is 3.78. The van der Waals surface area contributed by atoms with Crippen molar-refractivity contribution in [1.82, 2.24) is 0 Å². The van der Waals surface area contributed by atoms with Gasteiger partial charge in [-0.3, -0.25) is 4.79 Å². The number of nitrogens with one attached hydrogen (secondary N) is 1. The van der Waals surface area contributed by atoms with Gasteiger partial charge < -0.3 is 24.6 Å². The van der Waals surface area contributed by atoms with E-state index in [9.17, 15) is 19.5 Å². The highest BCUT2D eigenvalue weighted by molar-refractivity contribution is 7.15. The van der Waals surface area contributed by atoms with Gasteiger partial charge in [0.1, 0.15) is 16.3 Å². The lowest BCUT2D eigenvalue weighted by Gasteiger charge is -2.29. The highest BCUT2D eigenvalue weighted by Crippen LogP contribution is 2.37. The topological polar surface area (TPSA) is 111 Å². The molecule has 1 fully saturated rings. The van der Waals surface area contributed by atoms with Gasteiger partial charge in [-0.2, -0.15) is 0 Å². The van der Waals surface area contributed by atoms with Gasteiger partial charge in [0.05, 0.1) is 13.7 Å². The van der Waals surface area contributed by atoms with Crippen molar-refractivity contribution in [1.29, 1.82) is 0 Å². The van der Waals surface area contributed by atoms with Crippen LogP contribution in [-0.4, -0.2) is 48.9 Å². The molecule has 1 amide bonds. The van der Waals surface area contributed by atoms with E-state index in [1.165, 1.54) is 11.3 Å². The number of methoxy groups -OCH3 is 1. The molecule has 0 saturated heterocycles. The van der Waals surface area contributed by atoms with Gasteiger partial charge in [0.15, 0.2) is 12.2 Å². The van der Waals surface area contributed by atoms with E-state index in [0.717, 1.165) is 24.8 Å². The maximum absolute atomic E-state index is 12.6. The molecule has 172 valence electrons. The van der Waals surface area contributed by atoms with Gasteiger partial charge in [-0.1, -0.05) is 18.6 Å². The van der Waals surface area contributed by atoms with Crippen molar-refractivity contribution < 1.29 is 33.7 Å². The van der Waals surface area contributed by atoms with Crippen LogP contribution >= 0.6 is 11.3 Å². The third-order valence-corrected chi connectivity index (χ3v) is 6.22. The minimum Gasteiger partial charge on any atom is -0.497 e. The minimum absolute atomic E-state index is 0.181. The van der Waals surface area contributed by atoms with Gasteiger partial charge >= 0.3 is 11.9 Å². The van der Waals surface area contributed by atoms with Crippen LogP contribution < -0.4 is 10.1 Å². The van der Waals surface area contributed by atoms with Crippen molar-refractivity contribution in [2.45, 2.75) is 44.6 Å². The number of hydrogen-bond acceptors (Lipinski definition) is 8. The molecule has 0 atom stereocenters. The summed E-state index contributed by atoms with van der Waals surface area (Å²) in [6.07, 6.45) is 3.10. The van der Waals surface area contributed by atoms with Crippen molar-refractivity contribution in [3.05, 3.63) is 35.2 Å². The number of benzene rings is 1. The maximum atomic E-state index is 12.6. The van der Waals surface area contributed by atoms with Gasteiger partial charge in [0.2, 0.25) is 0 Å². The van der Waals surface area contributed by atoms with Gasteiger partial charge in [0.25, 0.3) is 5.91 Å². The molecule has 2 aromatic rings. The molecule has 0 radical (unpaired) electrons. The van der Waals surface area contributed by atoms with E-state index in [1.807, 2.05) is 12.1 Å². The van der Waals surface area contributed by atoms with Crippen LogP contribution in [0.2, 0.25) is 0 Å². The first-order chi connectivity index (χ1) is 15.4. The van der Waals surface area contributed by atoms with E-state index in [2.05, 4.69) is 5.32 Å². The minimum atomic E-state index is -1.53. The monoisotopic (exact) mass is 461 g/mol. The Hall–Kier alpha value is -2.91. The van der Waals surface area contributed by atoms with Crippen molar-refractivity contribution >= 4 is 34.2 Å². The average molecular weight is 462 g/mol. The number of aliphatic hydroxyl groups is 1. The number of amides is 1. The number of carbonyl (C=O) groups is 3. The highest BCUT2D eigenvalue weighted by atomic mass is 32.1. The van der Waals surface area contributed by atoms with Gasteiger partial charge in [-0.25, -0.2) is 9.59 Å². The van der Waals surface area contributed by atoms with Gasteiger partial charge in [-0.05, 0) is 50.3 Å². The molecule has 1 aromatic carbocycles. The number of ether oxygens (including phenoxy) is 3. The summed E-state index contributed by atoms with van der Waals surface area (Å²) in [6.45, 7) is 1.32. The van der Waals surface area contributed by atoms with E-state index in [-0.39, 0.29) is 12.2 Å². The fourth-order valence-electron chi connectivity index (χ4n) is 3.61. The Morgan fingerprint density at radius 1 is 1.09 bits per heavy atom. The van der Waals surface area contributed by atoms with E-state index < -0.39 is 30.1 Å². The number of rotatable bonds is 8. The molecule has 2 N–H and O–H groups in total. The average Bonchev–Trinajstić information content (AvgIpc) is 3.21. The molecule has 1 heterocycles. The smallest absolute Gasteiger partial charge is 0.341 e. The number of thiophene rings is 1. The SMILES string of the molecule is CCOC(=O)c1c(-c2ccc(OC)cc2)csc1NC(=O)COC(=O)C1(O)CCCCC1. The second kappa shape index (κ2) is 10.6. The van der Waals surface area contributed by atoms with Crippen molar-refractivity contribution in [3.8, 4) is 16.9 Å². The molecule has 1 aromatic heterocycles. The summed E-state index contributed by atoms with van der Waals surface area (Å²) in [7, 11) is 1.57. The molecular formula is C23H27NO7S. The zero-order valence-corrected chi connectivity index (χ0v) is 19.0. The fourth-order valence-corrected chi connectivity index (χ4v) is 4.58. The molecule has 9 heteroatoms.